The third-order valence-electron chi connectivity index (χ3n) is 12.0. The minimum absolute atomic E-state index is 0.0948. The van der Waals surface area contributed by atoms with Crippen molar-refractivity contribution in [2.24, 2.45) is 5.92 Å². The molecular formula is C41H41N11O4S. The average Bonchev–Trinajstić information content (AvgIpc) is 4.05. The Morgan fingerprint density at radius 2 is 1.77 bits per heavy atom. The quantitative estimate of drug-likeness (QED) is 0.197. The molecule has 16 heteroatoms. The topological polar surface area (TPSA) is 182 Å². The smallest absolute Gasteiger partial charge is 0.262 e. The van der Waals surface area contributed by atoms with Gasteiger partial charge in [0.2, 0.25) is 11.8 Å². The highest BCUT2D eigenvalue weighted by molar-refractivity contribution is 7.14. The first-order valence-corrected chi connectivity index (χ1v) is 20.2. The summed E-state index contributed by atoms with van der Waals surface area (Å²) in [5, 5.41) is 30.4. The van der Waals surface area contributed by atoms with Crippen molar-refractivity contribution >= 4 is 51.9 Å². The van der Waals surface area contributed by atoms with Gasteiger partial charge in [-0.15, -0.1) is 10.2 Å². The fourth-order valence-electron chi connectivity index (χ4n) is 8.93. The van der Waals surface area contributed by atoms with E-state index in [-0.39, 0.29) is 18.7 Å². The number of rotatable bonds is 9. The monoisotopic (exact) mass is 783 g/mol. The molecule has 3 aliphatic heterocycles. The lowest BCUT2D eigenvalue weighted by Crippen LogP contribution is -2.54. The molecule has 2 atom stereocenters. The number of nitriles is 1. The Balaban J connectivity index is 0.792. The molecule has 290 valence electrons. The van der Waals surface area contributed by atoms with E-state index in [1.807, 2.05) is 37.5 Å². The van der Waals surface area contributed by atoms with E-state index in [9.17, 15) is 24.4 Å². The van der Waals surface area contributed by atoms with Gasteiger partial charge in [0, 0.05) is 62.6 Å². The summed E-state index contributed by atoms with van der Waals surface area (Å²) >= 11 is 1.64. The SMILES string of the molecule is CNc1cc(-c2ccc3cc(C#N)cnn23)ncc1-c1nnc([C@H]2CC[C@H](N(C)C[C@@H]3CCN(c4ccc5c(c4)C(=O)N(C4CCC(=O)NC4=O)C5=O)C3)CC2)s1. The van der Waals surface area contributed by atoms with Crippen molar-refractivity contribution in [1.29, 1.82) is 5.26 Å². The van der Waals surface area contributed by atoms with Crippen LogP contribution in [0.15, 0.2) is 54.9 Å². The number of benzene rings is 1. The van der Waals surface area contributed by atoms with E-state index in [1.54, 1.807) is 40.2 Å². The lowest BCUT2D eigenvalue weighted by atomic mass is 9.85. The number of carbonyl (C=O) groups is 4. The summed E-state index contributed by atoms with van der Waals surface area (Å²) in [6, 6.07) is 14.7. The molecule has 0 bridgehead atoms. The summed E-state index contributed by atoms with van der Waals surface area (Å²) in [6.45, 7) is 2.70. The summed E-state index contributed by atoms with van der Waals surface area (Å²) < 4.78 is 1.79. The van der Waals surface area contributed by atoms with Gasteiger partial charge in [0.1, 0.15) is 17.1 Å². The fraction of sp³-hybridized carbons (Fsp3) is 0.390. The molecular weight excluding hydrogens is 743 g/mol. The van der Waals surface area contributed by atoms with Gasteiger partial charge in [0.25, 0.3) is 11.8 Å². The molecule has 5 aromatic rings. The summed E-state index contributed by atoms with van der Waals surface area (Å²) in [5.74, 6) is -1.12. The number of fused-ring (bicyclic) bond motifs is 2. The summed E-state index contributed by atoms with van der Waals surface area (Å²) in [7, 11) is 4.11. The predicted octanol–water partition coefficient (Wildman–Crippen LogP) is 4.71. The van der Waals surface area contributed by atoms with Crippen LogP contribution < -0.4 is 15.5 Å². The molecule has 2 N–H and O–H groups in total. The van der Waals surface area contributed by atoms with Crippen LogP contribution in [0.4, 0.5) is 11.4 Å². The van der Waals surface area contributed by atoms with Crippen molar-refractivity contribution in [2.45, 2.75) is 62.9 Å². The molecule has 1 unspecified atom stereocenters. The molecule has 9 rings (SSSR count). The van der Waals surface area contributed by atoms with Gasteiger partial charge in [-0.05, 0) is 94.0 Å². The molecule has 2 saturated heterocycles. The number of piperidine rings is 1. The Morgan fingerprint density at radius 3 is 2.56 bits per heavy atom. The second kappa shape index (κ2) is 14.8. The summed E-state index contributed by atoms with van der Waals surface area (Å²) in [4.78, 5) is 61.2. The number of aromatic nitrogens is 5. The molecule has 0 spiro atoms. The second-order valence-corrected chi connectivity index (χ2v) is 16.5. The van der Waals surface area contributed by atoms with E-state index in [2.05, 4.69) is 48.8 Å². The van der Waals surface area contributed by atoms with Crippen LogP contribution in [0, 0.1) is 17.2 Å². The second-order valence-electron chi connectivity index (χ2n) is 15.4. The number of hydrogen-bond donors (Lipinski definition) is 2. The number of pyridine rings is 1. The number of amides is 4. The lowest BCUT2D eigenvalue weighted by molar-refractivity contribution is -0.136. The predicted molar refractivity (Wildman–Crippen MR) is 213 cm³/mol. The van der Waals surface area contributed by atoms with Crippen molar-refractivity contribution in [2.75, 3.05) is 43.9 Å². The summed E-state index contributed by atoms with van der Waals surface area (Å²) in [5.41, 5.74) is 6.25. The first-order valence-electron chi connectivity index (χ1n) is 19.4. The minimum atomic E-state index is -0.970. The van der Waals surface area contributed by atoms with Gasteiger partial charge in [-0.2, -0.15) is 10.4 Å². The highest BCUT2D eigenvalue weighted by Gasteiger charge is 2.45. The van der Waals surface area contributed by atoms with E-state index < -0.39 is 23.8 Å². The highest BCUT2D eigenvalue weighted by atomic mass is 32.1. The maximum atomic E-state index is 13.4. The maximum absolute atomic E-state index is 13.4. The summed E-state index contributed by atoms with van der Waals surface area (Å²) in [6.07, 6.45) is 8.94. The third kappa shape index (κ3) is 6.70. The number of hydrogen-bond acceptors (Lipinski definition) is 13. The number of imide groups is 2. The Morgan fingerprint density at radius 1 is 0.947 bits per heavy atom. The zero-order valence-corrected chi connectivity index (χ0v) is 32.5. The Bertz CT molecular complexity index is 2480. The van der Waals surface area contributed by atoms with Crippen LogP contribution >= 0.6 is 11.3 Å². The van der Waals surface area contributed by atoms with Gasteiger partial charge in [-0.25, -0.2) is 4.52 Å². The maximum Gasteiger partial charge on any atom is 0.262 e. The lowest BCUT2D eigenvalue weighted by Gasteiger charge is -2.35. The minimum Gasteiger partial charge on any atom is -0.387 e. The van der Waals surface area contributed by atoms with E-state index in [0.29, 0.717) is 34.6 Å². The first-order chi connectivity index (χ1) is 27.7. The van der Waals surface area contributed by atoms with Crippen LogP contribution in [0.1, 0.15) is 82.2 Å². The van der Waals surface area contributed by atoms with Crippen molar-refractivity contribution in [3.63, 3.8) is 0 Å². The van der Waals surface area contributed by atoms with E-state index in [1.165, 1.54) is 0 Å². The highest BCUT2D eigenvalue weighted by Crippen LogP contribution is 2.40. The normalized spacial score (nSPS) is 22.4. The third-order valence-corrected chi connectivity index (χ3v) is 13.1. The van der Waals surface area contributed by atoms with Gasteiger partial charge in [-0.3, -0.25) is 34.4 Å². The van der Waals surface area contributed by atoms with Crippen molar-refractivity contribution in [1.82, 2.24) is 39.9 Å². The Labute approximate surface area is 332 Å². The molecule has 4 amide bonds. The average molecular weight is 784 g/mol. The molecule has 7 heterocycles. The zero-order valence-electron chi connectivity index (χ0n) is 31.6. The molecule has 0 radical (unpaired) electrons. The van der Waals surface area contributed by atoms with Gasteiger partial charge < -0.3 is 15.1 Å². The first kappa shape index (κ1) is 36.6. The molecule has 1 aromatic carbocycles. The Kier molecular flexibility index (Phi) is 9.49. The fourth-order valence-corrected chi connectivity index (χ4v) is 9.96. The number of nitrogens with one attached hydrogen (secondary N) is 2. The van der Waals surface area contributed by atoms with Crippen LogP contribution in [-0.4, -0.2) is 104 Å². The van der Waals surface area contributed by atoms with E-state index in [0.717, 1.165) is 100 Å². The zero-order chi connectivity index (χ0) is 39.4. The molecule has 4 aromatic heterocycles. The van der Waals surface area contributed by atoms with Gasteiger partial charge in [0.05, 0.1) is 45.4 Å². The molecule has 4 aliphatic rings. The molecule has 57 heavy (non-hydrogen) atoms. The molecule has 15 nitrogen and oxygen atoms in total. The number of nitrogens with zero attached hydrogens (tertiary/aromatic N) is 9. The van der Waals surface area contributed by atoms with Crippen LogP contribution in [0.3, 0.4) is 0 Å². The van der Waals surface area contributed by atoms with Crippen molar-refractivity contribution < 1.29 is 19.2 Å². The van der Waals surface area contributed by atoms with Gasteiger partial charge >= 0.3 is 0 Å². The van der Waals surface area contributed by atoms with Crippen LogP contribution in [0.25, 0.3) is 27.5 Å². The van der Waals surface area contributed by atoms with Crippen molar-refractivity contribution in [3.8, 4) is 28.0 Å². The van der Waals surface area contributed by atoms with Gasteiger partial charge in [0.15, 0.2) is 5.01 Å². The van der Waals surface area contributed by atoms with E-state index in [4.69, 9.17) is 4.98 Å². The molecule has 1 saturated carbocycles. The van der Waals surface area contributed by atoms with Crippen LogP contribution in [0.2, 0.25) is 0 Å². The van der Waals surface area contributed by atoms with Gasteiger partial charge in [-0.1, -0.05) is 11.3 Å². The standard InChI is InChI=1S/C41H41N11O4S/c1-43-32-17-33(34-10-8-28-15-24(18-42)19-45-52(28)34)44-20-31(32)39-48-47-38(57-39)25-3-5-26(6-4-25)49(2)21-23-13-14-50(22-23)27-7-9-29-30(16-27)41(56)51(40(29)55)35-11-12-36(53)46-37(35)54/h7-10,15-17,19-20,23,25-26,35H,3-6,11-14,21-22H2,1-2H3,(H,43,44)(H,46,53,54)/t23-,25-,26-,35?/m0/s1. The number of carbonyl (C=O) groups excluding carboxylic acids is 4. The molecule has 1 aliphatic carbocycles. The van der Waals surface area contributed by atoms with Crippen LogP contribution in [0.5, 0.6) is 0 Å². The Hall–Kier alpha value is -6.05. The van der Waals surface area contributed by atoms with Crippen LogP contribution in [-0.2, 0) is 9.59 Å². The van der Waals surface area contributed by atoms with E-state index >= 15 is 0 Å². The largest absolute Gasteiger partial charge is 0.387 e. The number of anilines is 2. The van der Waals surface area contributed by atoms with Crippen molar-refractivity contribution in [3.05, 3.63) is 76.6 Å². The molecule has 3 fully saturated rings.